The quantitative estimate of drug-likeness (QED) is 0.0344. The lowest BCUT2D eigenvalue weighted by Crippen LogP contribution is -2.30. The average Bonchev–Trinajstić information content (AvgIpc) is 3.24. The summed E-state index contributed by atoms with van der Waals surface area (Å²) in [4.78, 5) is 38.0. The molecule has 0 N–H and O–H groups in total. The number of unbranched alkanes of at least 4 members (excludes halogenated alkanes) is 37. The first-order valence-electron chi connectivity index (χ1n) is 27.4. The molecular formula is C55H106O6. The Hall–Kier alpha value is -1.59. The van der Waals surface area contributed by atoms with Gasteiger partial charge in [-0.15, -0.1) is 0 Å². The van der Waals surface area contributed by atoms with Crippen LogP contribution in [0.5, 0.6) is 0 Å². The second-order valence-corrected chi connectivity index (χ2v) is 19.3. The Morgan fingerprint density at radius 3 is 0.803 bits per heavy atom. The number of carbonyl (C=O) groups excluding carboxylic acids is 3. The Bertz CT molecular complexity index is 918. The molecule has 61 heavy (non-hydrogen) atoms. The van der Waals surface area contributed by atoms with Gasteiger partial charge in [0.15, 0.2) is 6.10 Å². The molecule has 0 saturated heterocycles. The van der Waals surface area contributed by atoms with E-state index < -0.39 is 6.10 Å². The van der Waals surface area contributed by atoms with Crippen molar-refractivity contribution in [3.05, 3.63) is 0 Å². The molecule has 0 fully saturated rings. The van der Waals surface area contributed by atoms with Crippen molar-refractivity contribution in [1.82, 2.24) is 0 Å². The van der Waals surface area contributed by atoms with Gasteiger partial charge in [0.1, 0.15) is 13.2 Å². The molecule has 0 heterocycles. The molecule has 0 aromatic rings. The SMILES string of the molecule is CCCCCCCCCCCCCCCCC(=O)O[C@@H](COC(=O)CCCCCCCCCCCCCCC)COC(=O)CCCCCCCCCCCCCCCC(C)C. The molecule has 0 unspecified atom stereocenters. The maximum Gasteiger partial charge on any atom is 0.306 e. The molecule has 0 amide bonds. The molecule has 0 aromatic carbocycles. The summed E-state index contributed by atoms with van der Waals surface area (Å²) in [6.07, 6.45) is 52.2. The Morgan fingerprint density at radius 2 is 0.541 bits per heavy atom. The first-order chi connectivity index (χ1) is 29.9. The van der Waals surface area contributed by atoms with E-state index >= 15 is 0 Å². The van der Waals surface area contributed by atoms with Gasteiger partial charge in [-0.3, -0.25) is 14.4 Å². The fourth-order valence-corrected chi connectivity index (χ4v) is 8.39. The number of esters is 3. The minimum atomic E-state index is -0.761. The zero-order valence-corrected chi connectivity index (χ0v) is 41.6. The lowest BCUT2D eigenvalue weighted by atomic mass is 10.0. The number of carbonyl (C=O) groups is 3. The largest absolute Gasteiger partial charge is 0.462 e. The molecule has 0 bridgehead atoms. The fourth-order valence-electron chi connectivity index (χ4n) is 8.39. The first kappa shape index (κ1) is 59.4. The summed E-state index contributed by atoms with van der Waals surface area (Å²) in [5.41, 5.74) is 0. The third kappa shape index (κ3) is 49.3. The standard InChI is InChI=1S/C55H106O6/c1-5-7-9-11-13-15-17-19-23-28-32-36-40-44-48-55(58)61-52(49-59-53(56)46-42-38-34-30-26-21-18-16-14-12-10-8-6-2)50-60-54(57)47-43-39-35-31-27-24-20-22-25-29-33-37-41-45-51(3)4/h51-52H,5-50H2,1-4H3/t52-/m0/s1. The number of rotatable bonds is 50. The van der Waals surface area contributed by atoms with Crippen LogP contribution < -0.4 is 0 Å². The molecule has 6 heteroatoms. The van der Waals surface area contributed by atoms with Crippen molar-refractivity contribution in [1.29, 1.82) is 0 Å². The average molecular weight is 863 g/mol. The molecule has 362 valence electrons. The van der Waals surface area contributed by atoms with E-state index in [1.807, 2.05) is 0 Å². The van der Waals surface area contributed by atoms with Gasteiger partial charge in [0, 0.05) is 19.3 Å². The van der Waals surface area contributed by atoms with Crippen LogP contribution in [0.1, 0.15) is 310 Å². The summed E-state index contributed by atoms with van der Waals surface area (Å²) in [5, 5.41) is 0. The Labute approximate surface area is 380 Å². The van der Waals surface area contributed by atoms with Crippen molar-refractivity contribution in [2.75, 3.05) is 13.2 Å². The summed E-state index contributed by atoms with van der Waals surface area (Å²) in [7, 11) is 0. The van der Waals surface area contributed by atoms with Gasteiger partial charge in [0.05, 0.1) is 0 Å². The Kier molecular flexibility index (Phi) is 48.1. The highest BCUT2D eigenvalue weighted by atomic mass is 16.6. The topological polar surface area (TPSA) is 78.9 Å². The van der Waals surface area contributed by atoms with E-state index in [1.165, 1.54) is 205 Å². The van der Waals surface area contributed by atoms with E-state index in [-0.39, 0.29) is 31.1 Å². The van der Waals surface area contributed by atoms with Crippen molar-refractivity contribution < 1.29 is 28.6 Å². The number of hydrogen-bond acceptors (Lipinski definition) is 6. The van der Waals surface area contributed by atoms with E-state index in [0.29, 0.717) is 19.3 Å². The number of hydrogen-bond donors (Lipinski definition) is 0. The van der Waals surface area contributed by atoms with Crippen molar-refractivity contribution in [3.63, 3.8) is 0 Å². The van der Waals surface area contributed by atoms with Crippen LogP contribution in [-0.4, -0.2) is 37.2 Å². The summed E-state index contributed by atoms with van der Waals surface area (Å²) in [6, 6.07) is 0. The van der Waals surface area contributed by atoms with Crippen LogP contribution in [0.3, 0.4) is 0 Å². The van der Waals surface area contributed by atoms with Crippen molar-refractivity contribution in [2.45, 2.75) is 316 Å². The van der Waals surface area contributed by atoms with E-state index in [2.05, 4.69) is 27.7 Å². The lowest BCUT2D eigenvalue weighted by molar-refractivity contribution is -0.167. The van der Waals surface area contributed by atoms with Crippen LogP contribution in [0.15, 0.2) is 0 Å². The smallest absolute Gasteiger partial charge is 0.306 e. The second-order valence-electron chi connectivity index (χ2n) is 19.3. The summed E-state index contributed by atoms with van der Waals surface area (Å²) in [5.74, 6) is 0.000777. The van der Waals surface area contributed by atoms with Gasteiger partial charge in [-0.2, -0.15) is 0 Å². The molecule has 0 spiro atoms. The van der Waals surface area contributed by atoms with Crippen LogP contribution in [0, 0.1) is 5.92 Å². The zero-order chi connectivity index (χ0) is 44.5. The van der Waals surface area contributed by atoms with E-state index in [0.717, 1.165) is 63.7 Å². The summed E-state index contributed by atoms with van der Waals surface area (Å²) < 4.78 is 16.8. The van der Waals surface area contributed by atoms with Gasteiger partial charge in [0.25, 0.3) is 0 Å². The minimum Gasteiger partial charge on any atom is -0.462 e. The predicted octanol–water partition coefficient (Wildman–Crippen LogP) is 17.8. The van der Waals surface area contributed by atoms with Gasteiger partial charge in [0.2, 0.25) is 0 Å². The van der Waals surface area contributed by atoms with Crippen LogP contribution >= 0.6 is 0 Å². The minimum absolute atomic E-state index is 0.0622. The molecule has 0 radical (unpaired) electrons. The molecule has 0 aliphatic heterocycles. The van der Waals surface area contributed by atoms with Crippen LogP contribution in [-0.2, 0) is 28.6 Å². The van der Waals surface area contributed by atoms with Crippen LogP contribution in [0.2, 0.25) is 0 Å². The second kappa shape index (κ2) is 49.4. The maximum absolute atomic E-state index is 12.8. The summed E-state index contributed by atoms with van der Waals surface area (Å²) >= 11 is 0. The molecule has 0 aromatic heterocycles. The van der Waals surface area contributed by atoms with Crippen LogP contribution in [0.4, 0.5) is 0 Å². The third-order valence-corrected chi connectivity index (χ3v) is 12.5. The van der Waals surface area contributed by atoms with E-state index in [4.69, 9.17) is 14.2 Å². The third-order valence-electron chi connectivity index (χ3n) is 12.5. The predicted molar refractivity (Wildman–Crippen MR) is 261 cm³/mol. The highest BCUT2D eigenvalue weighted by molar-refractivity contribution is 5.71. The fraction of sp³-hybridized carbons (Fsp3) is 0.945. The maximum atomic E-state index is 12.8. The van der Waals surface area contributed by atoms with Crippen molar-refractivity contribution in [3.8, 4) is 0 Å². The number of ether oxygens (including phenoxy) is 3. The Balaban J connectivity index is 4.30. The van der Waals surface area contributed by atoms with Gasteiger partial charge in [-0.1, -0.05) is 272 Å². The van der Waals surface area contributed by atoms with Crippen molar-refractivity contribution >= 4 is 17.9 Å². The lowest BCUT2D eigenvalue weighted by Gasteiger charge is -2.18. The van der Waals surface area contributed by atoms with Crippen LogP contribution in [0.25, 0.3) is 0 Å². The normalized spacial score (nSPS) is 12.0. The molecule has 0 aliphatic rings. The molecule has 0 rings (SSSR count). The van der Waals surface area contributed by atoms with E-state index in [1.54, 1.807) is 0 Å². The molecule has 1 atom stereocenters. The zero-order valence-electron chi connectivity index (χ0n) is 41.6. The molecule has 0 aliphatic carbocycles. The van der Waals surface area contributed by atoms with Gasteiger partial charge in [-0.05, 0) is 25.2 Å². The van der Waals surface area contributed by atoms with Gasteiger partial charge in [-0.25, -0.2) is 0 Å². The van der Waals surface area contributed by atoms with Gasteiger partial charge >= 0.3 is 17.9 Å². The molecular weight excluding hydrogens is 757 g/mol. The van der Waals surface area contributed by atoms with Crippen molar-refractivity contribution in [2.24, 2.45) is 5.92 Å². The molecule has 6 nitrogen and oxygen atoms in total. The van der Waals surface area contributed by atoms with E-state index in [9.17, 15) is 14.4 Å². The first-order valence-corrected chi connectivity index (χ1v) is 27.4. The highest BCUT2D eigenvalue weighted by Gasteiger charge is 2.19. The summed E-state index contributed by atoms with van der Waals surface area (Å²) in [6.45, 7) is 9.05. The highest BCUT2D eigenvalue weighted by Crippen LogP contribution is 2.17. The van der Waals surface area contributed by atoms with Gasteiger partial charge < -0.3 is 14.2 Å². The monoisotopic (exact) mass is 863 g/mol. The Morgan fingerprint density at radius 1 is 0.311 bits per heavy atom. The molecule has 0 saturated carbocycles.